The van der Waals surface area contributed by atoms with Gasteiger partial charge in [0.1, 0.15) is 0 Å². The van der Waals surface area contributed by atoms with Gasteiger partial charge in [-0.25, -0.2) is 4.98 Å². The molecule has 0 fully saturated rings. The van der Waals surface area contributed by atoms with Gasteiger partial charge in [0.15, 0.2) is 0 Å². The Morgan fingerprint density at radius 3 is 3.10 bits per heavy atom. The molecule has 0 aliphatic rings. The quantitative estimate of drug-likeness (QED) is 0.836. The van der Waals surface area contributed by atoms with Crippen molar-refractivity contribution < 1.29 is 4.79 Å². The number of nitrogens with two attached hydrogens (primary N) is 1. The Morgan fingerprint density at radius 2 is 2.38 bits per heavy atom. The van der Waals surface area contributed by atoms with Gasteiger partial charge in [0.25, 0.3) is 5.91 Å². The summed E-state index contributed by atoms with van der Waals surface area (Å²) >= 11 is 1.59. The number of hydrogen-bond donors (Lipinski definition) is 2. The van der Waals surface area contributed by atoms with E-state index in [1.807, 2.05) is 12.3 Å². The highest BCUT2D eigenvalue weighted by Crippen LogP contribution is 2.16. The van der Waals surface area contributed by atoms with E-state index in [1.165, 1.54) is 6.20 Å². The maximum Gasteiger partial charge on any atom is 0.252 e. The zero-order chi connectivity index (χ0) is 15.1. The van der Waals surface area contributed by atoms with Crippen LogP contribution in [0.3, 0.4) is 0 Å². The van der Waals surface area contributed by atoms with Gasteiger partial charge >= 0.3 is 0 Å². The van der Waals surface area contributed by atoms with Gasteiger partial charge in [-0.1, -0.05) is 18.8 Å². The minimum atomic E-state index is -0.165. The summed E-state index contributed by atoms with van der Waals surface area (Å²) in [4.78, 5) is 20.4. The first-order valence-corrected chi connectivity index (χ1v) is 7.40. The number of carbonyl (C=O) groups excluding carboxylic acids is 1. The Bertz CT molecular complexity index is 658. The molecule has 0 bridgehead atoms. The summed E-state index contributed by atoms with van der Waals surface area (Å²) in [6.45, 7) is 2.84. The molecule has 0 aromatic carbocycles. The van der Waals surface area contributed by atoms with Crippen molar-refractivity contribution in [2.45, 2.75) is 12.8 Å². The highest BCUT2D eigenvalue weighted by atomic mass is 32.1. The van der Waals surface area contributed by atoms with Crippen molar-refractivity contribution in [1.29, 1.82) is 0 Å². The molecule has 1 amide bonds. The molecule has 5 nitrogen and oxygen atoms in total. The zero-order valence-corrected chi connectivity index (χ0v) is 12.5. The lowest BCUT2D eigenvalue weighted by Gasteiger charge is -2.10. The summed E-state index contributed by atoms with van der Waals surface area (Å²) in [5.74, 6) is 5.62. The summed E-state index contributed by atoms with van der Waals surface area (Å²) in [5, 5.41) is 5.82. The van der Waals surface area contributed by atoms with E-state index >= 15 is 0 Å². The average molecular weight is 300 g/mol. The second-order valence-electron chi connectivity index (χ2n) is 4.45. The van der Waals surface area contributed by atoms with Gasteiger partial charge in [-0.05, 0) is 6.07 Å². The Labute approximate surface area is 127 Å². The fourth-order valence-electron chi connectivity index (χ4n) is 1.70. The van der Waals surface area contributed by atoms with Crippen molar-refractivity contribution in [3.05, 3.63) is 46.2 Å². The molecule has 2 rings (SSSR count). The van der Waals surface area contributed by atoms with Crippen LogP contribution in [0, 0.1) is 11.8 Å². The number of nitrogens with zero attached hydrogens (tertiary/aromatic N) is 2. The van der Waals surface area contributed by atoms with Crippen LogP contribution in [0.4, 0.5) is 0 Å². The number of amides is 1. The molecule has 6 heteroatoms. The van der Waals surface area contributed by atoms with Crippen LogP contribution >= 0.6 is 11.3 Å². The number of hydrogen-bond acceptors (Lipinski definition) is 5. The highest BCUT2D eigenvalue weighted by Gasteiger charge is 2.11. The minimum absolute atomic E-state index is 0.165. The first kappa shape index (κ1) is 15.2. The number of pyridine rings is 1. The summed E-state index contributed by atoms with van der Waals surface area (Å²) in [6.07, 6.45) is 4.90. The third kappa shape index (κ3) is 4.38. The second-order valence-corrected chi connectivity index (χ2v) is 5.38. The smallest absolute Gasteiger partial charge is 0.252 e. The van der Waals surface area contributed by atoms with Crippen LogP contribution in [0.15, 0.2) is 30.0 Å². The Kier molecular flexibility index (Phi) is 5.43. The summed E-state index contributed by atoms with van der Waals surface area (Å²) in [5.41, 5.74) is 6.50. The average Bonchev–Trinajstić information content (AvgIpc) is 3.05. The molecule has 2 aromatic rings. The van der Waals surface area contributed by atoms with E-state index in [1.54, 1.807) is 29.8 Å². The molecule has 0 radical (unpaired) electrons. The van der Waals surface area contributed by atoms with E-state index in [4.69, 9.17) is 5.73 Å². The summed E-state index contributed by atoms with van der Waals surface area (Å²) < 4.78 is 0. The second kappa shape index (κ2) is 7.53. The number of rotatable bonds is 4. The van der Waals surface area contributed by atoms with Gasteiger partial charge in [0, 0.05) is 42.0 Å². The van der Waals surface area contributed by atoms with Crippen LogP contribution in [0.2, 0.25) is 0 Å². The van der Waals surface area contributed by atoms with Crippen LogP contribution in [0.5, 0.6) is 0 Å². The van der Waals surface area contributed by atoms with E-state index in [0.29, 0.717) is 17.7 Å². The van der Waals surface area contributed by atoms with Crippen molar-refractivity contribution in [2.24, 2.45) is 5.73 Å². The molecular formula is C15H16N4OS. The molecule has 0 spiro atoms. The maximum atomic E-state index is 12.1. The largest absolute Gasteiger partial charge is 0.351 e. The van der Waals surface area contributed by atoms with Gasteiger partial charge in [-0.3, -0.25) is 9.78 Å². The number of aromatic nitrogens is 2. The number of nitrogens with one attached hydrogen (secondary N) is 1. The van der Waals surface area contributed by atoms with Gasteiger partial charge in [0.2, 0.25) is 0 Å². The molecule has 0 saturated carbocycles. The highest BCUT2D eigenvalue weighted by molar-refractivity contribution is 7.09. The van der Waals surface area contributed by atoms with Gasteiger partial charge in [-0.2, -0.15) is 0 Å². The lowest BCUT2D eigenvalue weighted by molar-refractivity contribution is 0.0951. The summed E-state index contributed by atoms with van der Waals surface area (Å²) in [6, 6.07) is 1.71. The monoisotopic (exact) mass is 300 g/mol. The van der Waals surface area contributed by atoms with E-state index in [9.17, 15) is 4.79 Å². The SMILES string of the molecule is CC(CNC(=O)c1cncc(C#CCN)c1)c1nccs1. The number of carbonyl (C=O) groups is 1. The van der Waals surface area contributed by atoms with Crippen LogP contribution in [-0.4, -0.2) is 29.0 Å². The first-order valence-electron chi connectivity index (χ1n) is 6.52. The molecule has 0 aliphatic heterocycles. The van der Waals surface area contributed by atoms with E-state index in [2.05, 4.69) is 27.1 Å². The predicted molar refractivity (Wildman–Crippen MR) is 83.0 cm³/mol. The third-order valence-corrected chi connectivity index (χ3v) is 3.78. The molecule has 2 aromatic heterocycles. The summed E-state index contributed by atoms with van der Waals surface area (Å²) in [7, 11) is 0. The van der Waals surface area contributed by atoms with Gasteiger partial charge < -0.3 is 11.1 Å². The van der Waals surface area contributed by atoms with Gasteiger partial charge in [0.05, 0.1) is 17.1 Å². The normalized spacial score (nSPS) is 11.3. The fourth-order valence-corrected chi connectivity index (χ4v) is 2.40. The number of thiazole rings is 1. The van der Waals surface area contributed by atoms with Crippen LogP contribution < -0.4 is 11.1 Å². The van der Waals surface area contributed by atoms with E-state index in [-0.39, 0.29) is 18.4 Å². The van der Waals surface area contributed by atoms with Crippen molar-refractivity contribution in [3.63, 3.8) is 0 Å². The van der Waals surface area contributed by atoms with Crippen molar-refractivity contribution in [1.82, 2.24) is 15.3 Å². The Hall–Kier alpha value is -2.23. The molecular weight excluding hydrogens is 284 g/mol. The topological polar surface area (TPSA) is 80.9 Å². The van der Waals surface area contributed by atoms with Crippen LogP contribution in [0.1, 0.15) is 33.8 Å². The van der Waals surface area contributed by atoms with Crippen LogP contribution in [0.25, 0.3) is 0 Å². The molecule has 1 atom stereocenters. The van der Waals surface area contributed by atoms with Crippen molar-refractivity contribution in [3.8, 4) is 11.8 Å². The van der Waals surface area contributed by atoms with Crippen molar-refractivity contribution >= 4 is 17.2 Å². The molecule has 0 saturated heterocycles. The van der Waals surface area contributed by atoms with E-state index < -0.39 is 0 Å². The lowest BCUT2D eigenvalue weighted by atomic mass is 10.1. The fraction of sp³-hybridized carbons (Fsp3) is 0.267. The van der Waals surface area contributed by atoms with E-state index in [0.717, 1.165) is 5.01 Å². The predicted octanol–water partition coefficient (Wildman–Crippen LogP) is 1.38. The molecule has 1 unspecified atom stereocenters. The molecule has 21 heavy (non-hydrogen) atoms. The minimum Gasteiger partial charge on any atom is -0.351 e. The van der Waals surface area contributed by atoms with Gasteiger partial charge in [-0.15, -0.1) is 11.3 Å². The Balaban J connectivity index is 1.97. The first-order chi connectivity index (χ1) is 10.2. The Morgan fingerprint density at radius 1 is 1.52 bits per heavy atom. The maximum absolute atomic E-state index is 12.1. The van der Waals surface area contributed by atoms with Crippen LogP contribution in [-0.2, 0) is 0 Å². The molecule has 108 valence electrons. The van der Waals surface area contributed by atoms with Crippen molar-refractivity contribution in [2.75, 3.05) is 13.1 Å². The molecule has 0 aliphatic carbocycles. The molecule has 3 N–H and O–H groups in total. The third-order valence-electron chi connectivity index (χ3n) is 2.78. The lowest BCUT2D eigenvalue weighted by Crippen LogP contribution is -2.27. The zero-order valence-electron chi connectivity index (χ0n) is 11.7. The standard InChI is InChI=1S/C15H16N4OS/c1-11(15-18-5-6-21-15)8-19-14(20)13-7-12(3-2-4-16)9-17-10-13/h5-7,9-11H,4,8,16H2,1H3,(H,19,20). The molecule has 2 heterocycles.